The predicted molar refractivity (Wildman–Crippen MR) is 229 cm³/mol. The van der Waals surface area contributed by atoms with Gasteiger partial charge >= 0.3 is 16.4 Å². The molecule has 4 N–H and O–H groups in total. The first-order valence-corrected chi connectivity index (χ1v) is 23.4. The maximum Gasteiger partial charge on any atom is 0.397 e. The number of aliphatic hydroxyl groups is 3. The lowest BCUT2D eigenvalue weighted by atomic mass is 9.99. The summed E-state index contributed by atoms with van der Waals surface area (Å²) in [6.07, 6.45) is 35.5. The fourth-order valence-electron chi connectivity index (χ4n) is 6.32. The number of ether oxygens (including phenoxy) is 4. The van der Waals surface area contributed by atoms with Crippen LogP contribution in [-0.4, -0.2) is 97.5 Å². The Morgan fingerprint density at radius 3 is 1.76 bits per heavy atom. The Labute approximate surface area is 350 Å². The van der Waals surface area contributed by atoms with E-state index in [4.69, 9.17) is 23.5 Å². The van der Waals surface area contributed by atoms with Gasteiger partial charge in [-0.3, -0.25) is 9.35 Å². The fraction of sp³-hybridized carbons (Fsp3) is 0.756. The molecular formula is C45H78O12S. The van der Waals surface area contributed by atoms with Gasteiger partial charge in [0.15, 0.2) is 6.29 Å². The number of unbranched alkanes of at least 4 members (excludes halogenated alkanes) is 14. The highest BCUT2D eigenvalue weighted by molar-refractivity contribution is 7.80. The summed E-state index contributed by atoms with van der Waals surface area (Å²) in [5, 5.41) is 30.6. The van der Waals surface area contributed by atoms with Crippen molar-refractivity contribution in [2.24, 2.45) is 0 Å². The van der Waals surface area contributed by atoms with Crippen molar-refractivity contribution in [1.29, 1.82) is 0 Å². The molecule has 0 saturated carbocycles. The monoisotopic (exact) mass is 843 g/mol. The zero-order valence-corrected chi connectivity index (χ0v) is 36.4. The van der Waals surface area contributed by atoms with Crippen LogP contribution in [0.2, 0.25) is 0 Å². The average molecular weight is 843 g/mol. The Hall–Kier alpha value is -2.20. The Morgan fingerprint density at radius 1 is 0.672 bits per heavy atom. The van der Waals surface area contributed by atoms with Gasteiger partial charge in [-0.25, -0.2) is 4.18 Å². The molecule has 12 nitrogen and oxygen atoms in total. The molecule has 13 heteroatoms. The molecule has 336 valence electrons. The van der Waals surface area contributed by atoms with Gasteiger partial charge in [0.2, 0.25) is 0 Å². The fourth-order valence-corrected chi connectivity index (χ4v) is 6.83. The molecule has 58 heavy (non-hydrogen) atoms. The van der Waals surface area contributed by atoms with Crippen molar-refractivity contribution in [2.75, 3.05) is 26.4 Å². The maximum atomic E-state index is 12.8. The lowest BCUT2D eigenvalue weighted by Gasteiger charge is -2.41. The van der Waals surface area contributed by atoms with Crippen LogP contribution < -0.4 is 0 Å². The van der Waals surface area contributed by atoms with Crippen LogP contribution in [0, 0.1) is 0 Å². The van der Waals surface area contributed by atoms with Gasteiger partial charge in [-0.05, 0) is 70.6 Å². The second-order valence-corrected chi connectivity index (χ2v) is 15.9. The number of aliphatic hydroxyl groups excluding tert-OH is 3. The summed E-state index contributed by atoms with van der Waals surface area (Å²) in [5.74, 6) is -0.425. The van der Waals surface area contributed by atoms with Crippen LogP contribution >= 0.6 is 0 Å². The van der Waals surface area contributed by atoms with E-state index in [2.05, 4.69) is 78.8 Å². The molecule has 1 rings (SSSR count). The number of rotatable bonds is 37. The summed E-state index contributed by atoms with van der Waals surface area (Å²) in [4.78, 5) is 12.8. The Bertz CT molecular complexity index is 1250. The quantitative estimate of drug-likeness (QED) is 0.0202. The molecule has 6 atom stereocenters. The molecule has 1 aliphatic rings. The van der Waals surface area contributed by atoms with E-state index in [1.54, 1.807) is 0 Å². The van der Waals surface area contributed by atoms with Crippen molar-refractivity contribution in [3.05, 3.63) is 60.8 Å². The Balaban J connectivity index is 2.48. The van der Waals surface area contributed by atoms with Crippen molar-refractivity contribution in [2.45, 2.75) is 192 Å². The van der Waals surface area contributed by atoms with E-state index >= 15 is 0 Å². The van der Waals surface area contributed by atoms with Gasteiger partial charge in [-0.15, -0.1) is 0 Å². The minimum absolute atomic E-state index is 0.00595. The first kappa shape index (κ1) is 53.8. The second kappa shape index (κ2) is 36.6. The Morgan fingerprint density at radius 2 is 1.19 bits per heavy atom. The third kappa shape index (κ3) is 29.9. The highest BCUT2D eigenvalue weighted by Gasteiger charge is 2.48. The van der Waals surface area contributed by atoms with Crippen LogP contribution in [0.15, 0.2) is 60.8 Å². The van der Waals surface area contributed by atoms with E-state index in [0.29, 0.717) is 13.0 Å². The van der Waals surface area contributed by atoms with Gasteiger partial charge in [-0.2, -0.15) is 8.42 Å². The minimum atomic E-state index is -5.07. The molecule has 1 fully saturated rings. The van der Waals surface area contributed by atoms with Crippen molar-refractivity contribution in [3.63, 3.8) is 0 Å². The third-order valence-electron chi connectivity index (χ3n) is 9.62. The lowest BCUT2D eigenvalue weighted by molar-refractivity contribution is -0.301. The maximum absolute atomic E-state index is 12.8. The van der Waals surface area contributed by atoms with Gasteiger partial charge in [0.25, 0.3) is 0 Å². The number of carbonyl (C=O) groups excluding carboxylic acids is 1. The van der Waals surface area contributed by atoms with Crippen LogP contribution in [-0.2, 0) is 38.3 Å². The molecule has 0 aromatic carbocycles. The number of allylic oxidation sites excluding steroid dienone is 10. The summed E-state index contributed by atoms with van der Waals surface area (Å²) < 4.78 is 58.9. The Kier molecular flexibility index (Phi) is 34.0. The summed E-state index contributed by atoms with van der Waals surface area (Å²) in [6, 6.07) is 0. The van der Waals surface area contributed by atoms with E-state index in [9.17, 15) is 28.5 Å². The highest BCUT2D eigenvalue weighted by atomic mass is 32.3. The summed E-state index contributed by atoms with van der Waals surface area (Å²) in [5.41, 5.74) is 0. The zero-order chi connectivity index (χ0) is 42.5. The first-order chi connectivity index (χ1) is 28.1. The molecule has 0 bridgehead atoms. The molecule has 1 aliphatic heterocycles. The smallest absolute Gasteiger partial charge is 0.397 e. The van der Waals surface area contributed by atoms with Crippen molar-refractivity contribution in [3.8, 4) is 0 Å². The summed E-state index contributed by atoms with van der Waals surface area (Å²) in [6.45, 7) is 3.70. The van der Waals surface area contributed by atoms with Gasteiger partial charge in [0.05, 0.1) is 19.8 Å². The van der Waals surface area contributed by atoms with Crippen LogP contribution in [0.25, 0.3) is 0 Å². The molecular weight excluding hydrogens is 765 g/mol. The predicted octanol–water partition coefficient (Wildman–Crippen LogP) is 8.96. The van der Waals surface area contributed by atoms with Crippen LogP contribution in [0.3, 0.4) is 0 Å². The van der Waals surface area contributed by atoms with Crippen LogP contribution in [0.5, 0.6) is 0 Å². The molecule has 0 aliphatic carbocycles. The molecule has 0 amide bonds. The first-order valence-electron chi connectivity index (χ1n) is 22.0. The number of hydrogen-bond acceptors (Lipinski definition) is 11. The van der Waals surface area contributed by atoms with Crippen LogP contribution in [0.4, 0.5) is 0 Å². The van der Waals surface area contributed by atoms with E-state index in [1.165, 1.54) is 64.2 Å². The zero-order valence-electron chi connectivity index (χ0n) is 35.6. The van der Waals surface area contributed by atoms with Gasteiger partial charge in [0.1, 0.15) is 30.5 Å². The van der Waals surface area contributed by atoms with E-state index in [1.807, 2.05) is 0 Å². The van der Waals surface area contributed by atoms with Gasteiger partial charge in [0, 0.05) is 13.0 Å². The SMILES string of the molecule is CC/C=C\C/C=C\C/C=C\C/C=C\CCCOCC(COC1OC(CO)C(O)C(OS(=O)(=O)O)C1O)OC(=O)CCCCCCCCC/C=C\CCCCCCCC. The lowest BCUT2D eigenvalue weighted by Crippen LogP contribution is -2.60. The number of carbonyl (C=O) groups is 1. The molecule has 0 aromatic heterocycles. The van der Waals surface area contributed by atoms with Gasteiger partial charge < -0.3 is 34.3 Å². The van der Waals surface area contributed by atoms with E-state index < -0.39 is 59.8 Å². The van der Waals surface area contributed by atoms with E-state index in [0.717, 1.165) is 64.2 Å². The largest absolute Gasteiger partial charge is 0.457 e. The number of esters is 1. The number of hydrogen-bond donors (Lipinski definition) is 4. The molecule has 0 spiro atoms. The highest BCUT2D eigenvalue weighted by Crippen LogP contribution is 2.26. The molecule has 0 radical (unpaired) electrons. The van der Waals surface area contributed by atoms with Crippen molar-refractivity contribution in [1.82, 2.24) is 0 Å². The molecule has 6 unspecified atom stereocenters. The van der Waals surface area contributed by atoms with Crippen molar-refractivity contribution >= 4 is 16.4 Å². The summed E-state index contributed by atoms with van der Waals surface area (Å²) >= 11 is 0. The summed E-state index contributed by atoms with van der Waals surface area (Å²) in [7, 11) is -5.07. The molecule has 1 saturated heterocycles. The average Bonchev–Trinajstić information content (AvgIpc) is 3.19. The standard InChI is InChI=1S/C45H78O12S/c1-3-5-7-9-11-13-15-17-19-20-21-22-24-26-28-30-32-34-41(47)55-39(37-53-35-33-31-29-27-25-23-18-16-14-12-10-8-6-4-2)38-54-45-43(49)44(57-58(50,51)52)42(48)40(36-46)56-45/h6,8,12,14,17-19,23,27,29,39-40,42-46,48-49H,3-5,7,9-11,13,15-16,20-22,24-26,28,30-38H2,1-2H3,(H,50,51,52)/b8-6-,14-12-,19-17-,23-18-,29-27-. The van der Waals surface area contributed by atoms with Crippen LogP contribution in [0.1, 0.15) is 155 Å². The molecule has 1 heterocycles. The van der Waals surface area contributed by atoms with E-state index in [-0.39, 0.29) is 19.6 Å². The van der Waals surface area contributed by atoms with Crippen molar-refractivity contribution < 1.29 is 56.2 Å². The molecule has 0 aromatic rings. The normalized spacial score (nSPS) is 21.1. The minimum Gasteiger partial charge on any atom is -0.457 e. The van der Waals surface area contributed by atoms with Gasteiger partial charge in [-0.1, -0.05) is 139 Å². The third-order valence-corrected chi connectivity index (χ3v) is 10.1. The topological polar surface area (TPSA) is 178 Å². The second-order valence-electron chi connectivity index (χ2n) is 14.9.